The van der Waals surface area contributed by atoms with E-state index >= 15 is 0 Å². The molecule has 0 heterocycles. The van der Waals surface area contributed by atoms with Gasteiger partial charge in [0.25, 0.3) is 0 Å². The van der Waals surface area contributed by atoms with Crippen molar-refractivity contribution in [3.05, 3.63) is 60.2 Å². The van der Waals surface area contributed by atoms with Gasteiger partial charge in [-0.2, -0.15) is 0 Å². The van der Waals surface area contributed by atoms with Crippen molar-refractivity contribution in [3.8, 4) is 5.75 Å². The van der Waals surface area contributed by atoms with E-state index in [1.807, 2.05) is 0 Å². The average Bonchev–Trinajstić information content (AvgIpc) is 2.73. The molecule has 1 aliphatic carbocycles. The number of hydrogen-bond donors (Lipinski definition) is 0. The fraction of sp³-hybridized carbons (Fsp3) is 0.520. The fourth-order valence-electron chi connectivity index (χ4n) is 4.06. The number of ether oxygens (including phenoxy) is 1. The van der Waals surface area contributed by atoms with Gasteiger partial charge < -0.3 is 4.74 Å². The van der Waals surface area contributed by atoms with Crippen LogP contribution in [-0.2, 0) is 11.4 Å². The number of benzene rings is 2. The lowest BCUT2D eigenvalue weighted by molar-refractivity contribution is -0.0202. The molecule has 1 saturated carbocycles. The molecule has 0 aliphatic heterocycles. The van der Waals surface area contributed by atoms with Crippen LogP contribution in [0, 0.1) is 5.92 Å². The number of nitrogens with zero attached hydrogens (tertiary/aromatic N) is 1. The van der Waals surface area contributed by atoms with Crippen molar-refractivity contribution in [2.45, 2.75) is 78.0 Å². The summed E-state index contributed by atoms with van der Waals surface area (Å²) in [6, 6.07) is 18.8. The maximum absolute atomic E-state index is 6.63. The van der Waals surface area contributed by atoms with Crippen LogP contribution >= 0.6 is 0 Å². The minimum absolute atomic E-state index is 0.191. The van der Waals surface area contributed by atoms with E-state index in [-0.39, 0.29) is 12.2 Å². The van der Waals surface area contributed by atoms with Crippen molar-refractivity contribution in [2.24, 2.45) is 5.92 Å². The Kier molecular flexibility index (Phi) is 7.79. The Balaban J connectivity index is 1.73. The van der Waals surface area contributed by atoms with Crippen LogP contribution < -0.4 is 9.80 Å². The Labute approximate surface area is 170 Å². The maximum Gasteiger partial charge on any atom is 0.119 e. The Morgan fingerprint density at radius 2 is 1.61 bits per heavy atom. The summed E-state index contributed by atoms with van der Waals surface area (Å²) in [5.74, 6) is 1.59. The molecule has 0 saturated heterocycles. The molecule has 3 nitrogen and oxygen atoms in total. The Morgan fingerprint density at radius 1 is 0.929 bits per heavy atom. The minimum Gasteiger partial charge on any atom is -0.491 e. The molecule has 0 amide bonds. The molecule has 3 rings (SSSR count). The van der Waals surface area contributed by atoms with Crippen molar-refractivity contribution < 1.29 is 9.57 Å². The van der Waals surface area contributed by atoms with Crippen LogP contribution in [0.4, 0.5) is 5.69 Å². The number of hydrogen-bond acceptors (Lipinski definition) is 3. The molecule has 0 bridgehead atoms. The van der Waals surface area contributed by atoms with E-state index in [0.29, 0.717) is 5.92 Å². The first-order chi connectivity index (χ1) is 13.7. The first-order valence-corrected chi connectivity index (χ1v) is 10.9. The Hall–Kier alpha value is -2.00. The molecule has 1 unspecified atom stereocenters. The Morgan fingerprint density at radius 3 is 2.21 bits per heavy atom. The van der Waals surface area contributed by atoms with E-state index in [0.717, 1.165) is 24.4 Å². The van der Waals surface area contributed by atoms with Crippen LogP contribution in [0.1, 0.15) is 64.9 Å². The van der Waals surface area contributed by atoms with Gasteiger partial charge in [0.2, 0.25) is 0 Å². The summed E-state index contributed by atoms with van der Waals surface area (Å²) in [6.07, 6.45) is 8.17. The topological polar surface area (TPSA) is 21.7 Å². The molecule has 2 aromatic carbocycles. The summed E-state index contributed by atoms with van der Waals surface area (Å²) in [7, 11) is 0. The van der Waals surface area contributed by atoms with Crippen LogP contribution in [0.2, 0.25) is 0 Å². The maximum atomic E-state index is 6.63. The van der Waals surface area contributed by atoms with Gasteiger partial charge in [-0.25, -0.2) is 5.06 Å². The molecule has 28 heavy (non-hydrogen) atoms. The summed E-state index contributed by atoms with van der Waals surface area (Å²) in [5.41, 5.74) is 2.33. The number of para-hydroxylation sites is 1. The molecule has 1 atom stereocenters. The summed E-state index contributed by atoms with van der Waals surface area (Å²) in [5, 5.41) is 2.08. The zero-order valence-electron chi connectivity index (χ0n) is 17.6. The molecular formula is C25H35NO2. The zero-order valence-corrected chi connectivity index (χ0v) is 17.6. The molecule has 1 aliphatic rings. The van der Waals surface area contributed by atoms with E-state index in [2.05, 4.69) is 80.4 Å². The number of anilines is 1. The van der Waals surface area contributed by atoms with Crippen LogP contribution in [0.3, 0.4) is 0 Å². The van der Waals surface area contributed by atoms with Gasteiger partial charge in [-0.1, -0.05) is 56.5 Å². The van der Waals surface area contributed by atoms with Crippen molar-refractivity contribution in [1.82, 2.24) is 0 Å². The summed E-state index contributed by atoms with van der Waals surface area (Å²) < 4.78 is 5.78. The second-order valence-corrected chi connectivity index (χ2v) is 8.13. The van der Waals surface area contributed by atoms with Gasteiger partial charge in [-0.3, -0.25) is 4.84 Å². The van der Waals surface area contributed by atoms with Gasteiger partial charge in [0.15, 0.2) is 0 Å². The highest BCUT2D eigenvalue weighted by Crippen LogP contribution is 2.31. The van der Waals surface area contributed by atoms with E-state index in [1.165, 1.54) is 37.7 Å². The fourth-order valence-corrected chi connectivity index (χ4v) is 4.06. The average molecular weight is 382 g/mol. The second-order valence-electron chi connectivity index (χ2n) is 8.13. The summed E-state index contributed by atoms with van der Waals surface area (Å²) in [4.78, 5) is 6.63. The highest BCUT2D eigenvalue weighted by molar-refractivity contribution is 5.44. The zero-order chi connectivity index (χ0) is 19.8. The third kappa shape index (κ3) is 6.00. The molecule has 1 fully saturated rings. The SMILES string of the molecule is CCC(ON(Cc1ccc(OC(C)C)cc1)c1ccccc1)C1CCCCC1. The van der Waals surface area contributed by atoms with Gasteiger partial charge in [0.1, 0.15) is 5.75 Å². The lowest BCUT2D eigenvalue weighted by Crippen LogP contribution is -2.34. The molecule has 0 aromatic heterocycles. The summed E-state index contributed by atoms with van der Waals surface area (Å²) in [6.45, 7) is 7.08. The van der Waals surface area contributed by atoms with Crippen LogP contribution in [-0.4, -0.2) is 12.2 Å². The highest BCUT2D eigenvalue weighted by Gasteiger charge is 2.25. The molecule has 0 N–H and O–H groups in total. The van der Waals surface area contributed by atoms with Crippen LogP contribution in [0.25, 0.3) is 0 Å². The predicted octanol–water partition coefficient (Wildman–Crippen LogP) is 6.77. The van der Waals surface area contributed by atoms with E-state index in [1.54, 1.807) is 0 Å². The van der Waals surface area contributed by atoms with Crippen LogP contribution in [0.5, 0.6) is 5.75 Å². The van der Waals surface area contributed by atoms with Gasteiger partial charge >= 0.3 is 0 Å². The first kappa shape index (κ1) is 20.7. The van der Waals surface area contributed by atoms with E-state index in [9.17, 15) is 0 Å². The van der Waals surface area contributed by atoms with Crippen molar-refractivity contribution in [3.63, 3.8) is 0 Å². The predicted molar refractivity (Wildman–Crippen MR) is 117 cm³/mol. The van der Waals surface area contributed by atoms with Crippen molar-refractivity contribution in [1.29, 1.82) is 0 Å². The standard InChI is InChI=1S/C25H35NO2/c1-4-25(22-11-7-5-8-12-22)28-26(23-13-9-6-10-14-23)19-21-15-17-24(18-16-21)27-20(2)3/h6,9-10,13-18,20,22,25H,4-5,7-8,11-12,19H2,1-3H3. The monoisotopic (exact) mass is 381 g/mol. The van der Waals surface area contributed by atoms with E-state index in [4.69, 9.17) is 9.57 Å². The lowest BCUT2D eigenvalue weighted by atomic mass is 9.84. The van der Waals surface area contributed by atoms with Gasteiger partial charge in [0, 0.05) is 0 Å². The third-order valence-corrected chi connectivity index (χ3v) is 5.51. The largest absolute Gasteiger partial charge is 0.491 e. The molecule has 2 aromatic rings. The summed E-state index contributed by atoms with van der Waals surface area (Å²) >= 11 is 0. The van der Waals surface area contributed by atoms with Gasteiger partial charge in [-0.15, -0.1) is 0 Å². The smallest absolute Gasteiger partial charge is 0.119 e. The minimum atomic E-state index is 0.191. The molecular weight excluding hydrogens is 346 g/mol. The second kappa shape index (κ2) is 10.5. The molecule has 3 heteroatoms. The normalized spacial score (nSPS) is 16.1. The van der Waals surface area contributed by atoms with Crippen LogP contribution in [0.15, 0.2) is 54.6 Å². The van der Waals surface area contributed by atoms with E-state index < -0.39 is 0 Å². The van der Waals surface area contributed by atoms with Crippen molar-refractivity contribution >= 4 is 5.69 Å². The lowest BCUT2D eigenvalue weighted by Gasteiger charge is -2.34. The first-order valence-electron chi connectivity index (χ1n) is 10.9. The Bertz CT molecular complexity index is 677. The van der Waals surface area contributed by atoms with Gasteiger partial charge in [-0.05, 0) is 68.9 Å². The number of rotatable bonds is 9. The number of hydroxylamine groups is 1. The van der Waals surface area contributed by atoms with Gasteiger partial charge in [0.05, 0.1) is 24.4 Å². The quantitative estimate of drug-likeness (QED) is 0.447. The third-order valence-electron chi connectivity index (χ3n) is 5.51. The highest BCUT2D eigenvalue weighted by atomic mass is 16.7. The molecule has 0 spiro atoms. The van der Waals surface area contributed by atoms with Crippen molar-refractivity contribution in [2.75, 3.05) is 5.06 Å². The molecule has 0 radical (unpaired) electrons. The molecule has 152 valence electrons.